The summed E-state index contributed by atoms with van der Waals surface area (Å²) in [4.78, 5) is 43.4. The van der Waals surface area contributed by atoms with E-state index in [4.69, 9.17) is 14.2 Å². The van der Waals surface area contributed by atoms with Crippen molar-refractivity contribution >= 4 is 23.9 Å². The van der Waals surface area contributed by atoms with E-state index in [2.05, 4.69) is 4.99 Å². The molecule has 37 heavy (non-hydrogen) atoms. The molecule has 3 rings (SSSR count). The van der Waals surface area contributed by atoms with Gasteiger partial charge in [0.25, 0.3) is 0 Å². The maximum atomic E-state index is 12.7. The van der Waals surface area contributed by atoms with Crippen LogP contribution in [0.25, 0.3) is 0 Å². The SMILES string of the molecule is COc1ccc(COC2=NC(=C3CCN(C(=O)OC(C)(C)C)CC3(C)C(=O)O)C(C)(C(=O)O)C=C2)cc1. The molecule has 200 valence electrons. The number of amides is 1. The maximum absolute atomic E-state index is 12.7. The molecule has 0 aliphatic carbocycles. The summed E-state index contributed by atoms with van der Waals surface area (Å²) in [6.07, 6.45) is 2.43. The molecule has 10 heteroatoms. The van der Waals surface area contributed by atoms with Crippen molar-refractivity contribution in [2.45, 2.75) is 53.2 Å². The summed E-state index contributed by atoms with van der Waals surface area (Å²) in [6, 6.07) is 7.26. The molecular formula is C27H34N2O8. The number of dihydropyridines is 1. The van der Waals surface area contributed by atoms with Gasteiger partial charge in [-0.15, -0.1) is 0 Å². The number of carbonyl (C=O) groups is 3. The quantitative estimate of drug-likeness (QED) is 0.595. The predicted octanol–water partition coefficient (Wildman–Crippen LogP) is 4.26. The van der Waals surface area contributed by atoms with Crippen LogP contribution in [0.4, 0.5) is 4.79 Å². The summed E-state index contributed by atoms with van der Waals surface area (Å²) < 4.78 is 16.4. The van der Waals surface area contributed by atoms with Gasteiger partial charge in [-0.25, -0.2) is 9.79 Å². The van der Waals surface area contributed by atoms with Crippen molar-refractivity contribution in [2.24, 2.45) is 15.8 Å². The lowest BCUT2D eigenvalue weighted by atomic mass is 9.71. The molecule has 1 aromatic carbocycles. The van der Waals surface area contributed by atoms with E-state index in [1.165, 1.54) is 30.9 Å². The zero-order chi connectivity index (χ0) is 27.6. The number of benzene rings is 1. The zero-order valence-electron chi connectivity index (χ0n) is 22.0. The Morgan fingerprint density at radius 1 is 1.08 bits per heavy atom. The predicted molar refractivity (Wildman–Crippen MR) is 135 cm³/mol. The first-order chi connectivity index (χ1) is 17.2. The molecule has 2 unspecified atom stereocenters. The van der Waals surface area contributed by atoms with Gasteiger partial charge in [-0.2, -0.15) is 0 Å². The Labute approximate surface area is 216 Å². The third-order valence-electron chi connectivity index (χ3n) is 6.48. The van der Waals surface area contributed by atoms with Crippen LogP contribution in [0.5, 0.6) is 5.75 Å². The summed E-state index contributed by atoms with van der Waals surface area (Å²) in [5.41, 5.74) is -2.63. The van der Waals surface area contributed by atoms with Crippen molar-refractivity contribution in [1.29, 1.82) is 0 Å². The van der Waals surface area contributed by atoms with E-state index in [1.807, 2.05) is 12.1 Å². The minimum absolute atomic E-state index is 0.0981. The maximum Gasteiger partial charge on any atom is 0.410 e. The molecule has 1 fully saturated rings. The van der Waals surface area contributed by atoms with Gasteiger partial charge in [0.05, 0.1) is 12.8 Å². The highest BCUT2D eigenvalue weighted by atomic mass is 16.6. The summed E-state index contributed by atoms with van der Waals surface area (Å²) in [6.45, 7) is 8.28. The molecule has 2 heterocycles. The van der Waals surface area contributed by atoms with E-state index in [0.29, 0.717) is 11.3 Å². The molecule has 2 N–H and O–H groups in total. The molecule has 0 bridgehead atoms. The van der Waals surface area contributed by atoms with Crippen molar-refractivity contribution in [3.05, 3.63) is 53.3 Å². The van der Waals surface area contributed by atoms with E-state index in [0.717, 1.165) is 5.56 Å². The highest BCUT2D eigenvalue weighted by Crippen LogP contribution is 2.45. The van der Waals surface area contributed by atoms with Crippen molar-refractivity contribution in [3.63, 3.8) is 0 Å². The molecule has 2 atom stereocenters. The van der Waals surface area contributed by atoms with Crippen LogP contribution in [0.2, 0.25) is 0 Å². The van der Waals surface area contributed by atoms with Crippen LogP contribution in [0.15, 0.2) is 52.7 Å². The van der Waals surface area contributed by atoms with E-state index in [-0.39, 0.29) is 37.7 Å². The van der Waals surface area contributed by atoms with E-state index >= 15 is 0 Å². The van der Waals surface area contributed by atoms with Gasteiger partial charge >= 0.3 is 18.0 Å². The first-order valence-corrected chi connectivity index (χ1v) is 11.9. The number of likely N-dealkylation sites (tertiary alicyclic amines) is 1. The Hall–Kier alpha value is -3.82. The van der Waals surface area contributed by atoms with Gasteiger partial charge in [-0.05, 0) is 70.4 Å². The second kappa shape index (κ2) is 10.3. The highest BCUT2D eigenvalue weighted by molar-refractivity contribution is 5.95. The van der Waals surface area contributed by atoms with E-state index in [9.17, 15) is 24.6 Å². The number of carboxylic acid groups (broad SMARTS) is 2. The number of aliphatic carboxylic acids is 2. The molecule has 1 amide bonds. The van der Waals surface area contributed by atoms with Crippen molar-refractivity contribution in [3.8, 4) is 5.75 Å². The van der Waals surface area contributed by atoms with Crippen LogP contribution in [0.3, 0.4) is 0 Å². The van der Waals surface area contributed by atoms with Crippen LogP contribution in [-0.2, 0) is 25.7 Å². The minimum Gasteiger partial charge on any atom is -0.497 e. The average molecular weight is 515 g/mol. The molecule has 1 saturated heterocycles. The number of rotatable bonds is 5. The number of hydrogen-bond donors (Lipinski definition) is 2. The van der Waals surface area contributed by atoms with Gasteiger partial charge in [0, 0.05) is 13.1 Å². The first kappa shape index (κ1) is 27.8. The molecule has 10 nitrogen and oxygen atoms in total. The molecular weight excluding hydrogens is 480 g/mol. The van der Waals surface area contributed by atoms with Crippen LogP contribution in [0.1, 0.15) is 46.6 Å². The van der Waals surface area contributed by atoms with Crippen molar-refractivity contribution in [1.82, 2.24) is 4.90 Å². The summed E-state index contributed by atoms with van der Waals surface area (Å²) in [5.74, 6) is -1.50. The Bertz CT molecular complexity index is 1160. The normalized spacial score (nSPS) is 25.8. The number of ether oxygens (including phenoxy) is 3. The number of nitrogens with zero attached hydrogens (tertiary/aromatic N) is 2. The highest BCUT2D eigenvalue weighted by Gasteiger charge is 2.50. The Morgan fingerprint density at radius 3 is 2.27 bits per heavy atom. The third-order valence-corrected chi connectivity index (χ3v) is 6.48. The number of aliphatic imine (C=N–C) groups is 1. The molecule has 1 aromatic rings. The molecule has 0 radical (unpaired) electrons. The van der Waals surface area contributed by atoms with Gasteiger partial charge in [0.15, 0.2) is 0 Å². The lowest BCUT2D eigenvalue weighted by Crippen LogP contribution is -2.52. The number of carboxylic acids is 2. The summed E-state index contributed by atoms with van der Waals surface area (Å²) >= 11 is 0. The van der Waals surface area contributed by atoms with Crippen molar-refractivity contribution < 1.29 is 38.8 Å². The average Bonchev–Trinajstić information content (AvgIpc) is 2.82. The number of methoxy groups -OCH3 is 1. The zero-order valence-corrected chi connectivity index (χ0v) is 22.0. The molecule has 2 aliphatic heterocycles. The Balaban J connectivity index is 1.97. The smallest absolute Gasteiger partial charge is 0.410 e. The van der Waals surface area contributed by atoms with Crippen LogP contribution in [-0.4, -0.2) is 64.8 Å². The Morgan fingerprint density at radius 2 is 1.73 bits per heavy atom. The van der Waals surface area contributed by atoms with Crippen LogP contribution >= 0.6 is 0 Å². The molecule has 0 spiro atoms. The largest absolute Gasteiger partial charge is 0.497 e. The summed E-state index contributed by atoms with van der Waals surface area (Å²) in [7, 11) is 1.57. The van der Waals surface area contributed by atoms with Crippen LogP contribution < -0.4 is 4.74 Å². The topological polar surface area (TPSA) is 135 Å². The lowest BCUT2D eigenvalue weighted by molar-refractivity contribution is -0.148. The van der Waals surface area contributed by atoms with E-state index < -0.39 is 34.5 Å². The fraction of sp³-hybridized carbons (Fsp3) is 0.481. The van der Waals surface area contributed by atoms with E-state index in [1.54, 1.807) is 40.0 Å². The molecule has 0 saturated carbocycles. The fourth-order valence-corrected chi connectivity index (χ4v) is 4.23. The fourth-order valence-electron chi connectivity index (χ4n) is 4.23. The third kappa shape index (κ3) is 5.95. The van der Waals surface area contributed by atoms with Crippen LogP contribution in [0, 0.1) is 10.8 Å². The second-order valence-electron chi connectivity index (χ2n) is 10.5. The molecule has 0 aromatic heterocycles. The minimum atomic E-state index is -1.59. The van der Waals surface area contributed by atoms with Crippen molar-refractivity contribution in [2.75, 3.05) is 20.2 Å². The lowest BCUT2D eigenvalue weighted by Gasteiger charge is -2.42. The van der Waals surface area contributed by atoms with Gasteiger partial charge in [0.1, 0.15) is 28.8 Å². The molecule has 2 aliphatic rings. The number of hydrogen-bond acceptors (Lipinski definition) is 7. The standard InChI is InChI=1S/C27H34N2O8/c1-25(2,3)37-24(34)29-14-12-19(27(5,16-29)23(32)33)21-26(4,22(30)31)13-11-20(28-21)36-15-17-7-9-18(35-6)10-8-17/h7-11,13H,12,14-16H2,1-6H3,(H,30,31)(H,32,33). The van der Waals surface area contributed by atoms with Gasteiger partial charge < -0.3 is 29.3 Å². The van der Waals surface area contributed by atoms with Gasteiger partial charge in [-0.1, -0.05) is 18.2 Å². The monoisotopic (exact) mass is 514 g/mol. The number of piperidine rings is 1. The van der Waals surface area contributed by atoms with Gasteiger partial charge in [-0.3, -0.25) is 9.59 Å². The Kier molecular flexibility index (Phi) is 7.71. The number of carbonyl (C=O) groups excluding carboxylic acids is 1. The summed E-state index contributed by atoms with van der Waals surface area (Å²) in [5, 5.41) is 20.3. The second-order valence-corrected chi connectivity index (χ2v) is 10.5. The van der Waals surface area contributed by atoms with Gasteiger partial charge in [0.2, 0.25) is 5.90 Å². The first-order valence-electron chi connectivity index (χ1n) is 11.9.